The van der Waals surface area contributed by atoms with Crippen LogP contribution < -0.4 is 5.73 Å². The summed E-state index contributed by atoms with van der Waals surface area (Å²) in [6.07, 6.45) is 5.16. The van der Waals surface area contributed by atoms with Crippen molar-refractivity contribution in [2.75, 3.05) is 6.54 Å². The molecule has 0 saturated heterocycles. The number of carbonyl (C=O) groups is 1. The van der Waals surface area contributed by atoms with Gasteiger partial charge in [-0.15, -0.1) is 0 Å². The van der Waals surface area contributed by atoms with Crippen molar-refractivity contribution < 1.29 is 9.53 Å². The quantitative estimate of drug-likeness (QED) is 0.727. The zero-order valence-corrected chi connectivity index (χ0v) is 11.7. The minimum absolute atomic E-state index is 0.00500. The van der Waals surface area contributed by atoms with Crippen LogP contribution in [0.3, 0.4) is 0 Å². The van der Waals surface area contributed by atoms with Crippen molar-refractivity contribution in [1.82, 2.24) is 0 Å². The molecule has 1 rings (SSSR count). The van der Waals surface area contributed by atoms with Gasteiger partial charge in [-0.25, -0.2) is 0 Å². The molecule has 1 saturated carbocycles. The molecule has 3 heteroatoms. The standard InChI is InChI=1S/C14H27NO2/c1-11(10-15)6-5-7-14(8-9-14)12(16)17-13(2,3)4/h11H,5-10,15H2,1-4H3. The lowest BCUT2D eigenvalue weighted by Crippen LogP contribution is -2.29. The summed E-state index contributed by atoms with van der Waals surface area (Å²) in [4.78, 5) is 12.0. The number of rotatable bonds is 6. The van der Waals surface area contributed by atoms with Gasteiger partial charge in [0, 0.05) is 0 Å². The molecule has 0 aromatic carbocycles. The van der Waals surface area contributed by atoms with Gasteiger partial charge < -0.3 is 10.5 Å². The highest BCUT2D eigenvalue weighted by Crippen LogP contribution is 2.51. The number of carbonyl (C=O) groups excluding carboxylic acids is 1. The van der Waals surface area contributed by atoms with E-state index in [1.807, 2.05) is 20.8 Å². The summed E-state index contributed by atoms with van der Waals surface area (Å²) < 4.78 is 5.49. The van der Waals surface area contributed by atoms with Crippen molar-refractivity contribution in [3.63, 3.8) is 0 Å². The Morgan fingerprint density at radius 2 is 2.00 bits per heavy atom. The molecule has 2 N–H and O–H groups in total. The fourth-order valence-electron chi connectivity index (χ4n) is 2.00. The Morgan fingerprint density at radius 3 is 2.41 bits per heavy atom. The normalized spacial score (nSPS) is 19.8. The topological polar surface area (TPSA) is 52.3 Å². The van der Waals surface area contributed by atoms with Gasteiger partial charge in [0.2, 0.25) is 0 Å². The molecule has 1 aliphatic rings. The highest BCUT2D eigenvalue weighted by Gasteiger charge is 2.51. The lowest BCUT2D eigenvalue weighted by molar-refractivity contribution is -0.162. The maximum atomic E-state index is 12.0. The van der Waals surface area contributed by atoms with Crippen molar-refractivity contribution >= 4 is 5.97 Å². The smallest absolute Gasteiger partial charge is 0.312 e. The van der Waals surface area contributed by atoms with E-state index in [1.165, 1.54) is 0 Å². The number of nitrogens with two attached hydrogens (primary N) is 1. The molecule has 0 aliphatic heterocycles. The van der Waals surface area contributed by atoms with Gasteiger partial charge in [0.25, 0.3) is 0 Å². The SMILES string of the molecule is CC(CN)CCCC1(C(=O)OC(C)(C)C)CC1. The lowest BCUT2D eigenvalue weighted by Gasteiger charge is -2.24. The van der Waals surface area contributed by atoms with Crippen molar-refractivity contribution in [3.05, 3.63) is 0 Å². The summed E-state index contributed by atoms with van der Waals surface area (Å²) >= 11 is 0. The predicted molar refractivity (Wildman–Crippen MR) is 69.6 cm³/mol. The van der Waals surface area contributed by atoms with Crippen LogP contribution in [0, 0.1) is 11.3 Å². The van der Waals surface area contributed by atoms with Crippen LogP contribution in [-0.4, -0.2) is 18.1 Å². The molecular formula is C14H27NO2. The molecule has 0 bridgehead atoms. The Kier molecular flexibility index (Phi) is 4.59. The lowest BCUT2D eigenvalue weighted by atomic mass is 9.95. The van der Waals surface area contributed by atoms with Crippen LogP contribution in [0.5, 0.6) is 0 Å². The Labute approximate surface area is 105 Å². The van der Waals surface area contributed by atoms with E-state index in [1.54, 1.807) is 0 Å². The largest absolute Gasteiger partial charge is 0.460 e. The van der Waals surface area contributed by atoms with Crippen LogP contribution >= 0.6 is 0 Å². The molecule has 3 nitrogen and oxygen atoms in total. The molecule has 0 aromatic heterocycles. The number of esters is 1. The number of ether oxygens (including phenoxy) is 1. The van der Waals surface area contributed by atoms with Crippen LogP contribution in [0.25, 0.3) is 0 Å². The monoisotopic (exact) mass is 241 g/mol. The van der Waals surface area contributed by atoms with E-state index < -0.39 is 0 Å². The number of hydrogen-bond donors (Lipinski definition) is 1. The molecule has 1 unspecified atom stereocenters. The molecule has 100 valence electrons. The zero-order chi connectivity index (χ0) is 13.1. The van der Waals surface area contributed by atoms with Crippen LogP contribution in [0.2, 0.25) is 0 Å². The Bertz CT molecular complexity index is 264. The first-order chi connectivity index (χ1) is 7.79. The molecule has 0 heterocycles. The van der Waals surface area contributed by atoms with Crippen LogP contribution in [-0.2, 0) is 9.53 Å². The van der Waals surface area contributed by atoms with E-state index in [0.29, 0.717) is 5.92 Å². The average molecular weight is 241 g/mol. The van der Waals surface area contributed by atoms with Gasteiger partial charge in [-0.05, 0) is 58.9 Å². The third kappa shape index (κ3) is 4.66. The van der Waals surface area contributed by atoms with Crippen LogP contribution in [0.1, 0.15) is 59.8 Å². The highest BCUT2D eigenvalue weighted by molar-refractivity contribution is 5.80. The first-order valence-corrected chi connectivity index (χ1v) is 6.73. The van der Waals surface area contributed by atoms with E-state index in [9.17, 15) is 4.79 Å². The van der Waals surface area contributed by atoms with Crippen molar-refractivity contribution in [2.45, 2.75) is 65.4 Å². The maximum absolute atomic E-state index is 12.0. The molecule has 0 radical (unpaired) electrons. The van der Waals surface area contributed by atoms with Crippen molar-refractivity contribution in [1.29, 1.82) is 0 Å². The summed E-state index contributed by atoms with van der Waals surface area (Å²) in [6, 6.07) is 0. The van der Waals surface area contributed by atoms with Gasteiger partial charge in [-0.2, -0.15) is 0 Å². The second-order valence-corrected chi connectivity index (χ2v) is 6.52. The average Bonchev–Trinajstić information content (AvgIpc) is 2.96. The van der Waals surface area contributed by atoms with E-state index in [2.05, 4.69) is 6.92 Å². The Hall–Kier alpha value is -0.570. The molecule has 1 aliphatic carbocycles. The fourth-order valence-corrected chi connectivity index (χ4v) is 2.00. The van der Waals surface area contributed by atoms with Crippen molar-refractivity contribution in [2.24, 2.45) is 17.1 Å². The Morgan fingerprint density at radius 1 is 1.41 bits per heavy atom. The molecule has 0 aromatic rings. The zero-order valence-electron chi connectivity index (χ0n) is 11.7. The van der Waals surface area contributed by atoms with E-state index in [4.69, 9.17) is 10.5 Å². The summed E-state index contributed by atoms with van der Waals surface area (Å²) in [5, 5.41) is 0. The first kappa shape index (κ1) is 14.5. The third-order valence-corrected chi connectivity index (χ3v) is 3.44. The molecule has 0 spiro atoms. The third-order valence-electron chi connectivity index (χ3n) is 3.44. The van der Waals surface area contributed by atoms with Gasteiger partial charge in [0.1, 0.15) is 5.60 Å². The van der Waals surface area contributed by atoms with E-state index in [-0.39, 0.29) is 17.0 Å². The van der Waals surface area contributed by atoms with E-state index in [0.717, 1.165) is 38.6 Å². The van der Waals surface area contributed by atoms with Gasteiger partial charge in [0.15, 0.2) is 0 Å². The second-order valence-electron chi connectivity index (χ2n) is 6.52. The first-order valence-electron chi connectivity index (χ1n) is 6.73. The summed E-state index contributed by atoms with van der Waals surface area (Å²) in [6.45, 7) is 8.68. The van der Waals surface area contributed by atoms with Gasteiger partial charge in [0.05, 0.1) is 5.41 Å². The predicted octanol–water partition coefficient (Wildman–Crippen LogP) is 2.87. The molecular weight excluding hydrogens is 214 g/mol. The minimum atomic E-state index is -0.364. The molecule has 1 fully saturated rings. The maximum Gasteiger partial charge on any atom is 0.312 e. The van der Waals surface area contributed by atoms with E-state index >= 15 is 0 Å². The molecule has 0 amide bonds. The minimum Gasteiger partial charge on any atom is -0.460 e. The summed E-state index contributed by atoms with van der Waals surface area (Å²) in [5.74, 6) is 0.565. The second kappa shape index (κ2) is 5.38. The van der Waals surface area contributed by atoms with Crippen molar-refractivity contribution in [3.8, 4) is 0 Å². The summed E-state index contributed by atoms with van der Waals surface area (Å²) in [7, 11) is 0. The van der Waals surface area contributed by atoms with Gasteiger partial charge >= 0.3 is 5.97 Å². The molecule has 1 atom stereocenters. The van der Waals surface area contributed by atoms with Crippen LogP contribution in [0.4, 0.5) is 0 Å². The Balaban J connectivity index is 2.34. The van der Waals surface area contributed by atoms with Crippen LogP contribution in [0.15, 0.2) is 0 Å². The number of hydrogen-bond acceptors (Lipinski definition) is 3. The van der Waals surface area contributed by atoms with Gasteiger partial charge in [-0.3, -0.25) is 4.79 Å². The van der Waals surface area contributed by atoms with Gasteiger partial charge in [-0.1, -0.05) is 13.3 Å². The molecule has 17 heavy (non-hydrogen) atoms. The summed E-state index contributed by atoms with van der Waals surface area (Å²) in [5.41, 5.74) is 5.07. The fraction of sp³-hybridized carbons (Fsp3) is 0.929. The highest BCUT2D eigenvalue weighted by atomic mass is 16.6.